The Balaban J connectivity index is 1.67. The standard InChI is InChI=1S/C27H25N3O/c1-19-17-24(23-10-6-5-9-22(23)20-7-3-2-4-8-20)25-18-21(11-12-26(25)29-19)27(31)30-15-13-28-14-16-30/h2-12,17-18,28H,13-16H2,1H3. The molecule has 0 bridgehead atoms. The van der Waals surface area contributed by atoms with E-state index >= 15 is 0 Å². The summed E-state index contributed by atoms with van der Waals surface area (Å²) in [6, 6.07) is 26.9. The third kappa shape index (κ3) is 3.82. The Morgan fingerprint density at radius 3 is 2.32 bits per heavy atom. The van der Waals surface area contributed by atoms with Crippen LogP contribution in [0.15, 0.2) is 78.9 Å². The number of nitrogens with zero attached hydrogens (tertiary/aromatic N) is 2. The monoisotopic (exact) mass is 407 g/mol. The molecule has 154 valence electrons. The lowest BCUT2D eigenvalue weighted by molar-refractivity contribution is 0.0736. The van der Waals surface area contributed by atoms with Gasteiger partial charge in [-0.1, -0.05) is 54.6 Å². The minimum absolute atomic E-state index is 0.0891. The van der Waals surface area contributed by atoms with Crippen LogP contribution in [-0.2, 0) is 0 Å². The number of hydrogen-bond donors (Lipinski definition) is 1. The van der Waals surface area contributed by atoms with Crippen LogP contribution in [0.5, 0.6) is 0 Å². The number of fused-ring (bicyclic) bond motifs is 1. The number of piperazine rings is 1. The van der Waals surface area contributed by atoms with Gasteiger partial charge >= 0.3 is 0 Å². The maximum Gasteiger partial charge on any atom is 0.253 e. The summed E-state index contributed by atoms with van der Waals surface area (Å²) in [5.74, 6) is 0.0891. The Morgan fingerprint density at radius 1 is 0.839 bits per heavy atom. The van der Waals surface area contributed by atoms with E-state index in [1.54, 1.807) is 0 Å². The molecule has 31 heavy (non-hydrogen) atoms. The highest BCUT2D eigenvalue weighted by Gasteiger charge is 2.19. The molecule has 1 amide bonds. The Morgan fingerprint density at radius 2 is 1.55 bits per heavy atom. The highest BCUT2D eigenvalue weighted by atomic mass is 16.2. The van der Waals surface area contributed by atoms with Gasteiger partial charge in [-0.25, -0.2) is 0 Å². The molecular formula is C27H25N3O. The fourth-order valence-electron chi connectivity index (χ4n) is 4.35. The van der Waals surface area contributed by atoms with Crippen LogP contribution in [0.4, 0.5) is 0 Å². The van der Waals surface area contributed by atoms with Crippen molar-refractivity contribution in [3.63, 3.8) is 0 Å². The second-order valence-corrected chi connectivity index (χ2v) is 8.00. The first-order valence-corrected chi connectivity index (χ1v) is 10.8. The normalized spacial score (nSPS) is 14.0. The fraction of sp³-hybridized carbons (Fsp3) is 0.185. The molecule has 1 saturated heterocycles. The van der Waals surface area contributed by atoms with E-state index in [-0.39, 0.29) is 5.91 Å². The van der Waals surface area contributed by atoms with Crippen molar-refractivity contribution < 1.29 is 4.79 Å². The van der Waals surface area contributed by atoms with Gasteiger partial charge in [-0.15, -0.1) is 0 Å². The number of pyridine rings is 1. The van der Waals surface area contributed by atoms with Crippen molar-refractivity contribution >= 4 is 16.8 Å². The van der Waals surface area contributed by atoms with Crippen LogP contribution in [-0.4, -0.2) is 42.0 Å². The molecule has 4 nitrogen and oxygen atoms in total. The molecule has 1 aliphatic heterocycles. The van der Waals surface area contributed by atoms with Crippen LogP contribution in [0.25, 0.3) is 33.2 Å². The number of rotatable bonds is 3. The van der Waals surface area contributed by atoms with Crippen LogP contribution < -0.4 is 5.32 Å². The third-order valence-electron chi connectivity index (χ3n) is 5.89. The van der Waals surface area contributed by atoms with Crippen molar-refractivity contribution in [2.75, 3.05) is 26.2 Å². The summed E-state index contributed by atoms with van der Waals surface area (Å²) < 4.78 is 0. The maximum absolute atomic E-state index is 13.1. The minimum atomic E-state index is 0.0891. The number of amides is 1. The Bertz CT molecular complexity index is 1240. The smallest absolute Gasteiger partial charge is 0.253 e. The zero-order valence-electron chi connectivity index (χ0n) is 17.6. The van der Waals surface area contributed by atoms with Gasteiger partial charge in [0.2, 0.25) is 0 Å². The van der Waals surface area contributed by atoms with Crippen LogP contribution in [0, 0.1) is 6.92 Å². The zero-order chi connectivity index (χ0) is 21.2. The van der Waals surface area contributed by atoms with E-state index in [4.69, 9.17) is 4.98 Å². The van der Waals surface area contributed by atoms with Crippen molar-refractivity contribution in [1.29, 1.82) is 0 Å². The van der Waals surface area contributed by atoms with Crippen molar-refractivity contribution in [3.05, 3.63) is 90.1 Å². The van der Waals surface area contributed by atoms with E-state index in [0.29, 0.717) is 0 Å². The quantitative estimate of drug-likeness (QED) is 0.524. The first-order valence-electron chi connectivity index (χ1n) is 10.8. The van der Waals surface area contributed by atoms with Gasteiger partial charge in [-0.3, -0.25) is 9.78 Å². The molecule has 0 aliphatic carbocycles. The van der Waals surface area contributed by atoms with E-state index in [0.717, 1.165) is 59.5 Å². The first-order chi connectivity index (χ1) is 15.2. The molecular weight excluding hydrogens is 382 g/mol. The van der Waals surface area contributed by atoms with E-state index in [2.05, 4.69) is 59.9 Å². The molecule has 5 rings (SSSR count). The van der Waals surface area contributed by atoms with E-state index < -0.39 is 0 Å². The number of hydrogen-bond acceptors (Lipinski definition) is 3. The summed E-state index contributed by atoms with van der Waals surface area (Å²) >= 11 is 0. The lowest BCUT2D eigenvalue weighted by Gasteiger charge is -2.27. The second-order valence-electron chi connectivity index (χ2n) is 8.00. The van der Waals surface area contributed by atoms with Crippen LogP contribution >= 0.6 is 0 Å². The Hall–Kier alpha value is -3.50. The predicted octanol–water partition coefficient (Wildman–Crippen LogP) is 4.92. The molecule has 0 radical (unpaired) electrons. The molecule has 1 aliphatic rings. The molecule has 0 spiro atoms. The average Bonchev–Trinajstić information content (AvgIpc) is 2.84. The number of nitrogens with one attached hydrogen (secondary N) is 1. The molecule has 2 heterocycles. The van der Waals surface area contributed by atoms with Crippen molar-refractivity contribution in [2.24, 2.45) is 0 Å². The van der Waals surface area contributed by atoms with E-state index in [1.807, 2.05) is 36.1 Å². The number of carbonyl (C=O) groups excluding carboxylic acids is 1. The third-order valence-corrected chi connectivity index (χ3v) is 5.89. The van der Waals surface area contributed by atoms with Gasteiger partial charge in [0.15, 0.2) is 0 Å². The van der Waals surface area contributed by atoms with Crippen molar-refractivity contribution in [2.45, 2.75) is 6.92 Å². The van der Waals surface area contributed by atoms with Gasteiger partial charge < -0.3 is 10.2 Å². The highest BCUT2D eigenvalue weighted by Crippen LogP contribution is 2.36. The molecule has 0 saturated carbocycles. The van der Waals surface area contributed by atoms with Crippen LogP contribution in [0.1, 0.15) is 16.1 Å². The Labute approximate surface area is 182 Å². The molecule has 3 aromatic carbocycles. The second kappa shape index (κ2) is 8.32. The topological polar surface area (TPSA) is 45.2 Å². The molecule has 1 N–H and O–H groups in total. The molecule has 4 aromatic rings. The number of carbonyl (C=O) groups is 1. The molecule has 1 fully saturated rings. The lowest BCUT2D eigenvalue weighted by Crippen LogP contribution is -2.46. The lowest BCUT2D eigenvalue weighted by atomic mass is 9.91. The van der Waals surface area contributed by atoms with Gasteiger partial charge in [0.25, 0.3) is 5.91 Å². The summed E-state index contributed by atoms with van der Waals surface area (Å²) in [5.41, 5.74) is 7.20. The molecule has 4 heteroatoms. The van der Waals surface area contributed by atoms with Crippen LogP contribution in [0.2, 0.25) is 0 Å². The summed E-state index contributed by atoms with van der Waals surface area (Å²) in [4.78, 5) is 19.8. The van der Waals surface area contributed by atoms with Gasteiger partial charge in [0.1, 0.15) is 0 Å². The van der Waals surface area contributed by atoms with Crippen molar-refractivity contribution in [3.8, 4) is 22.3 Å². The molecule has 0 unspecified atom stereocenters. The van der Waals surface area contributed by atoms with E-state index in [9.17, 15) is 4.79 Å². The fourth-order valence-corrected chi connectivity index (χ4v) is 4.35. The average molecular weight is 408 g/mol. The zero-order valence-corrected chi connectivity index (χ0v) is 17.6. The summed E-state index contributed by atoms with van der Waals surface area (Å²) in [7, 11) is 0. The SMILES string of the molecule is Cc1cc(-c2ccccc2-c2ccccc2)c2cc(C(=O)N3CCNCC3)ccc2n1. The van der Waals surface area contributed by atoms with Gasteiger partial charge in [-0.2, -0.15) is 0 Å². The highest BCUT2D eigenvalue weighted by molar-refractivity contribution is 6.04. The Kier molecular flexibility index (Phi) is 5.23. The number of aryl methyl sites for hydroxylation is 1. The largest absolute Gasteiger partial charge is 0.336 e. The van der Waals surface area contributed by atoms with Gasteiger partial charge in [0, 0.05) is 42.8 Å². The van der Waals surface area contributed by atoms with Gasteiger partial charge in [-0.05, 0) is 53.4 Å². The van der Waals surface area contributed by atoms with E-state index in [1.165, 1.54) is 11.1 Å². The maximum atomic E-state index is 13.1. The molecule has 0 atom stereocenters. The summed E-state index contributed by atoms with van der Waals surface area (Å²) in [6.07, 6.45) is 0. The first kappa shape index (κ1) is 19.5. The number of aromatic nitrogens is 1. The minimum Gasteiger partial charge on any atom is -0.336 e. The molecule has 1 aromatic heterocycles. The summed E-state index contributed by atoms with van der Waals surface area (Å²) in [5, 5.41) is 4.31. The summed E-state index contributed by atoms with van der Waals surface area (Å²) in [6.45, 7) is 5.19. The van der Waals surface area contributed by atoms with Crippen molar-refractivity contribution in [1.82, 2.24) is 15.2 Å². The number of benzene rings is 3. The van der Waals surface area contributed by atoms with Crippen LogP contribution in [0.3, 0.4) is 0 Å². The predicted molar refractivity (Wildman–Crippen MR) is 126 cm³/mol. The van der Waals surface area contributed by atoms with Gasteiger partial charge in [0.05, 0.1) is 5.52 Å².